The first-order valence-electron chi connectivity index (χ1n) is 9.42. The number of rotatable bonds is 5. The number of benzene rings is 3. The van der Waals surface area contributed by atoms with Gasteiger partial charge in [0.05, 0.1) is 6.17 Å². The zero-order chi connectivity index (χ0) is 17.8. The molecule has 3 aromatic rings. The summed E-state index contributed by atoms with van der Waals surface area (Å²) in [5.74, 6) is 0. The molecule has 132 valence electrons. The highest BCUT2D eigenvalue weighted by atomic mass is 15.4. The van der Waals surface area contributed by atoms with E-state index >= 15 is 0 Å². The largest absolute Gasteiger partial charge is 0.279 e. The smallest absolute Gasteiger partial charge is 0.0892 e. The second-order valence-corrected chi connectivity index (χ2v) is 7.20. The van der Waals surface area contributed by atoms with Crippen molar-refractivity contribution in [2.24, 2.45) is 0 Å². The van der Waals surface area contributed by atoms with Crippen LogP contribution in [0, 0.1) is 6.92 Å². The zero-order valence-electron chi connectivity index (χ0n) is 15.4. The Labute approximate surface area is 156 Å². The van der Waals surface area contributed by atoms with Gasteiger partial charge in [-0.25, -0.2) is 0 Å². The summed E-state index contributed by atoms with van der Waals surface area (Å²) in [6.07, 6.45) is 0.329. The number of nitrogens with zero attached hydrogens (tertiary/aromatic N) is 2. The lowest BCUT2D eigenvalue weighted by molar-refractivity contribution is 0.126. The molecule has 0 atom stereocenters. The third kappa shape index (κ3) is 3.87. The van der Waals surface area contributed by atoms with E-state index in [9.17, 15) is 0 Å². The summed E-state index contributed by atoms with van der Waals surface area (Å²) in [6, 6.07) is 30.6. The maximum absolute atomic E-state index is 2.60. The first-order chi connectivity index (χ1) is 12.8. The van der Waals surface area contributed by atoms with Crippen LogP contribution in [-0.4, -0.2) is 22.9 Å². The molecule has 0 radical (unpaired) electrons. The van der Waals surface area contributed by atoms with E-state index in [-0.39, 0.29) is 0 Å². The average molecular weight is 342 g/mol. The fourth-order valence-electron chi connectivity index (χ4n) is 3.95. The van der Waals surface area contributed by atoms with Gasteiger partial charge in [-0.15, -0.1) is 0 Å². The SMILES string of the molecule is Cc1cccc(C2N(Cc3ccccc3)CCN2Cc2ccccc2)c1. The van der Waals surface area contributed by atoms with Crippen LogP contribution in [0.5, 0.6) is 0 Å². The van der Waals surface area contributed by atoms with E-state index < -0.39 is 0 Å². The van der Waals surface area contributed by atoms with Crippen molar-refractivity contribution in [3.63, 3.8) is 0 Å². The predicted octanol–water partition coefficient (Wildman–Crippen LogP) is 5.01. The van der Waals surface area contributed by atoms with Crippen LogP contribution in [0.25, 0.3) is 0 Å². The van der Waals surface area contributed by atoms with Crippen LogP contribution in [-0.2, 0) is 13.1 Å². The normalized spacial score (nSPS) is 16.2. The Morgan fingerprint density at radius 3 is 1.73 bits per heavy atom. The van der Waals surface area contributed by atoms with E-state index in [4.69, 9.17) is 0 Å². The van der Waals surface area contributed by atoms with E-state index in [0.717, 1.165) is 26.2 Å². The fraction of sp³-hybridized carbons (Fsp3) is 0.250. The second kappa shape index (κ2) is 7.86. The maximum Gasteiger partial charge on any atom is 0.0892 e. The number of aryl methyl sites for hydroxylation is 1. The molecule has 4 rings (SSSR count). The molecule has 1 aliphatic rings. The minimum Gasteiger partial charge on any atom is -0.279 e. The van der Waals surface area contributed by atoms with E-state index in [1.165, 1.54) is 22.3 Å². The number of hydrogen-bond donors (Lipinski definition) is 0. The van der Waals surface area contributed by atoms with Gasteiger partial charge in [-0.2, -0.15) is 0 Å². The maximum atomic E-state index is 2.60. The zero-order valence-corrected chi connectivity index (χ0v) is 15.4. The van der Waals surface area contributed by atoms with Gasteiger partial charge in [0.15, 0.2) is 0 Å². The lowest BCUT2D eigenvalue weighted by Gasteiger charge is -2.31. The molecule has 1 aliphatic heterocycles. The Morgan fingerprint density at radius 2 is 1.23 bits per heavy atom. The molecular weight excluding hydrogens is 316 g/mol. The molecule has 2 nitrogen and oxygen atoms in total. The minimum absolute atomic E-state index is 0.329. The molecule has 3 aromatic carbocycles. The van der Waals surface area contributed by atoms with Crippen LogP contribution in [0.3, 0.4) is 0 Å². The molecule has 0 aromatic heterocycles. The summed E-state index contributed by atoms with van der Waals surface area (Å²) >= 11 is 0. The molecule has 1 saturated heterocycles. The van der Waals surface area contributed by atoms with E-state index in [1.54, 1.807) is 0 Å². The van der Waals surface area contributed by atoms with E-state index in [1.807, 2.05) is 0 Å². The standard InChI is InChI=1S/C24H26N2/c1-20-9-8-14-23(17-20)24-25(18-21-10-4-2-5-11-21)15-16-26(24)19-22-12-6-3-7-13-22/h2-14,17,24H,15-16,18-19H2,1H3. The van der Waals surface area contributed by atoms with Crippen molar-refractivity contribution in [2.75, 3.05) is 13.1 Å². The topological polar surface area (TPSA) is 6.48 Å². The van der Waals surface area contributed by atoms with Gasteiger partial charge in [0, 0.05) is 26.2 Å². The number of hydrogen-bond acceptors (Lipinski definition) is 2. The average Bonchev–Trinajstić information content (AvgIpc) is 3.05. The highest BCUT2D eigenvalue weighted by Gasteiger charge is 2.33. The lowest BCUT2D eigenvalue weighted by Crippen LogP contribution is -2.30. The van der Waals surface area contributed by atoms with Crippen molar-refractivity contribution >= 4 is 0 Å². The van der Waals surface area contributed by atoms with Gasteiger partial charge >= 0.3 is 0 Å². The highest BCUT2D eigenvalue weighted by molar-refractivity contribution is 5.27. The third-order valence-corrected chi connectivity index (χ3v) is 5.16. The highest BCUT2D eigenvalue weighted by Crippen LogP contribution is 2.33. The van der Waals surface area contributed by atoms with Crippen molar-refractivity contribution in [1.82, 2.24) is 9.80 Å². The Bertz CT molecular complexity index is 780. The Kier molecular flexibility index (Phi) is 5.14. The Hall–Kier alpha value is -2.42. The van der Waals surface area contributed by atoms with E-state index in [0.29, 0.717) is 6.17 Å². The minimum atomic E-state index is 0.329. The molecule has 0 N–H and O–H groups in total. The predicted molar refractivity (Wildman–Crippen MR) is 108 cm³/mol. The summed E-state index contributed by atoms with van der Waals surface area (Å²) in [4.78, 5) is 5.21. The molecule has 0 unspecified atom stereocenters. The van der Waals surface area contributed by atoms with Crippen LogP contribution in [0.1, 0.15) is 28.4 Å². The molecule has 26 heavy (non-hydrogen) atoms. The van der Waals surface area contributed by atoms with E-state index in [2.05, 4.69) is 102 Å². The fourth-order valence-corrected chi connectivity index (χ4v) is 3.95. The molecular formula is C24H26N2. The molecule has 2 heteroatoms. The summed E-state index contributed by atoms with van der Waals surface area (Å²) in [5, 5.41) is 0. The summed E-state index contributed by atoms with van der Waals surface area (Å²) in [7, 11) is 0. The molecule has 0 amide bonds. The lowest BCUT2D eigenvalue weighted by atomic mass is 10.1. The van der Waals surface area contributed by atoms with Crippen molar-refractivity contribution in [3.8, 4) is 0 Å². The second-order valence-electron chi connectivity index (χ2n) is 7.20. The molecule has 0 spiro atoms. The van der Waals surface area contributed by atoms with Gasteiger partial charge < -0.3 is 0 Å². The molecule has 1 fully saturated rings. The Balaban J connectivity index is 1.61. The van der Waals surface area contributed by atoms with Gasteiger partial charge in [-0.05, 0) is 23.6 Å². The monoisotopic (exact) mass is 342 g/mol. The molecule has 0 saturated carbocycles. The first kappa shape index (κ1) is 17.0. The van der Waals surface area contributed by atoms with Gasteiger partial charge in [-0.3, -0.25) is 9.80 Å². The van der Waals surface area contributed by atoms with Crippen LogP contribution in [0.15, 0.2) is 84.9 Å². The quantitative estimate of drug-likeness (QED) is 0.643. The van der Waals surface area contributed by atoms with Crippen LogP contribution < -0.4 is 0 Å². The summed E-state index contributed by atoms with van der Waals surface area (Å²) in [6.45, 7) is 6.36. The van der Waals surface area contributed by atoms with Crippen molar-refractivity contribution in [2.45, 2.75) is 26.2 Å². The Morgan fingerprint density at radius 1 is 0.692 bits per heavy atom. The summed E-state index contributed by atoms with van der Waals surface area (Å²) < 4.78 is 0. The van der Waals surface area contributed by atoms with Crippen LogP contribution in [0.2, 0.25) is 0 Å². The molecule has 0 bridgehead atoms. The molecule has 0 aliphatic carbocycles. The van der Waals surface area contributed by atoms with Crippen molar-refractivity contribution < 1.29 is 0 Å². The van der Waals surface area contributed by atoms with Crippen molar-refractivity contribution in [3.05, 3.63) is 107 Å². The van der Waals surface area contributed by atoms with Gasteiger partial charge in [0.2, 0.25) is 0 Å². The van der Waals surface area contributed by atoms with Crippen molar-refractivity contribution in [1.29, 1.82) is 0 Å². The first-order valence-corrected chi connectivity index (χ1v) is 9.42. The summed E-state index contributed by atoms with van der Waals surface area (Å²) in [5.41, 5.74) is 5.49. The van der Waals surface area contributed by atoms with Gasteiger partial charge in [-0.1, -0.05) is 90.5 Å². The van der Waals surface area contributed by atoms with Crippen LogP contribution >= 0.6 is 0 Å². The molecule has 1 heterocycles. The van der Waals surface area contributed by atoms with Gasteiger partial charge in [0.1, 0.15) is 0 Å². The van der Waals surface area contributed by atoms with Gasteiger partial charge in [0.25, 0.3) is 0 Å². The van der Waals surface area contributed by atoms with Crippen LogP contribution in [0.4, 0.5) is 0 Å². The third-order valence-electron chi connectivity index (χ3n) is 5.16.